The van der Waals surface area contributed by atoms with Crippen molar-refractivity contribution >= 4 is 5.97 Å². The van der Waals surface area contributed by atoms with E-state index in [1.807, 2.05) is 0 Å². The van der Waals surface area contributed by atoms with Crippen molar-refractivity contribution in [2.24, 2.45) is 0 Å². The number of carbonyl (C=O) groups excluding carboxylic acids is 1. The smallest absolute Gasteiger partial charge is 0.338 e. The van der Waals surface area contributed by atoms with Crippen LogP contribution in [0.3, 0.4) is 0 Å². The average Bonchev–Trinajstić information content (AvgIpc) is 2.03. The molecule has 0 radical (unpaired) electrons. The van der Waals surface area contributed by atoms with E-state index in [2.05, 4.69) is 16.0 Å². The zero-order valence-electron chi connectivity index (χ0n) is 7.26. The van der Waals surface area contributed by atoms with E-state index in [4.69, 9.17) is 6.42 Å². The summed E-state index contributed by atoms with van der Waals surface area (Å²) < 4.78 is 4.37. The summed E-state index contributed by atoms with van der Waals surface area (Å²) in [4.78, 5) is 10.9. The number of carbonyl (C=O) groups is 1. The molecule has 0 aliphatic carbocycles. The molecule has 0 aromatic heterocycles. The minimum Gasteiger partial charge on any atom is -0.467 e. The molecule has 0 aliphatic rings. The predicted octanol–water partition coefficient (Wildman–Crippen LogP) is -0.867. The van der Waals surface area contributed by atoms with Gasteiger partial charge in [0, 0.05) is 6.54 Å². The first-order chi connectivity index (χ1) is 5.54. The first kappa shape index (κ1) is 11.0. The maximum atomic E-state index is 10.9. The van der Waals surface area contributed by atoms with Crippen LogP contribution in [0.2, 0.25) is 0 Å². The van der Waals surface area contributed by atoms with Crippen molar-refractivity contribution < 1.29 is 14.6 Å². The van der Waals surface area contributed by atoms with Crippen LogP contribution in [0.5, 0.6) is 0 Å². The third-order valence-corrected chi connectivity index (χ3v) is 1.32. The van der Waals surface area contributed by atoms with E-state index in [-0.39, 0.29) is 6.54 Å². The quantitative estimate of drug-likeness (QED) is 0.328. The lowest BCUT2D eigenvalue weighted by atomic mass is 10.1. The van der Waals surface area contributed by atoms with Crippen molar-refractivity contribution in [1.82, 2.24) is 5.32 Å². The van der Waals surface area contributed by atoms with Crippen LogP contribution >= 0.6 is 0 Å². The molecule has 4 heteroatoms. The molecule has 2 N–H and O–H groups in total. The number of hydrogen-bond donors (Lipinski definition) is 2. The normalized spacial score (nSPS) is 14.5. The molecule has 1 unspecified atom stereocenters. The Kier molecular flexibility index (Phi) is 4.34. The second-order valence-corrected chi connectivity index (χ2v) is 2.57. The van der Waals surface area contributed by atoms with E-state index < -0.39 is 11.6 Å². The van der Waals surface area contributed by atoms with E-state index in [1.165, 1.54) is 14.0 Å². The molecule has 0 rings (SSSR count). The molecule has 0 heterocycles. The van der Waals surface area contributed by atoms with Gasteiger partial charge in [0.25, 0.3) is 0 Å². The molecule has 0 saturated heterocycles. The van der Waals surface area contributed by atoms with Crippen molar-refractivity contribution in [1.29, 1.82) is 0 Å². The van der Waals surface area contributed by atoms with Crippen molar-refractivity contribution in [3.63, 3.8) is 0 Å². The van der Waals surface area contributed by atoms with Gasteiger partial charge in [-0.15, -0.1) is 6.42 Å². The lowest BCUT2D eigenvalue weighted by Gasteiger charge is -2.19. The van der Waals surface area contributed by atoms with Gasteiger partial charge in [0.2, 0.25) is 0 Å². The van der Waals surface area contributed by atoms with Gasteiger partial charge >= 0.3 is 5.97 Å². The van der Waals surface area contributed by atoms with Crippen molar-refractivity contribution in [2.45, 2.75) is 12.5 Å². The zero-order valence-corrected chi connectivity index (χ0v) is 7.26. The molecule has 0 bridgehead atoms. The number of rotatable bonds is 4. The highest BCUT2D eigenvalue weighted by Gasteiger charge is 2.30. The standard InChI is InChI=1S/C8H13NO3/c1-4-5-9-6-8(2,11)7(10)12-3/h1,9,11H,5-6H2,2-3H3. The molecular weight excluding hydrogens is 158 g/mol. The van der Waals surface area contributed by atoms with Gasteiger partial charge in [0.05, 0.1) is 13.7 Å². The Morgan fingerprint density at radius 2 is 2.42 bits per heavy atom. The number of hydrogen-bond acceptors (Lipinski definition) is 4. The zero-order chi connectivity index (χ0) is 9.61. The minimum atomic E-state index is -1.51. The highest BCUT2D eigenvalue weighted by atomic mass is 16.5. The summed E-state index contributed by atoms with van der Waals surface area (Å²) in [7, 11) is 1.22. The monoisotopic (exact) mass is 171 g/mol. The molecule has 0 aromatic carbocycles. The molecule has 68 valence electrons. The summed E-state index contributed by atoms with van der Waals surface area (Å²) in [6, 6.07) is 0. The summed E-state index contributed by atoms with van der Waals surface area (Å²) in [5.41, 5.74) is -1.51. The number of esters is 1. The SMILES string of the molecule is C#CCNCC(C)(O)C(=O)OC. The fourth-order valence-electron chi connectivity index (χ4n) is 0.670. The van der Waals surface area contributed by atoms with Crippen molar-refractivity contribution in [2.75, 3.05) is 20.2 Å². The molecule has 1 atom stereocenters. The molecular formula is C8H13NO3. The fraction of sp³-hybridized carbons (Fsp3) is 0.625. The summed E-state index contributed by atoms with van der Waals surface area (Å²) in [5.74, 6) is 1.65. The fourth-order valence-corrected chi connectivity index (χ4v) is 0.670. The van der Waals surface area contributed by atoms with Gasteiger partial charge in [-0.05, 0) is 6.92 Å². The van der Waals surface area contributed by atoms with Crippen LogP contribution in [0.1, 0.15) is 6.92 Å². The molecule has 0 amide bonds. The van der Waals surface area contributed by atoms with Crippen LogP contribution in [0, 0.1) is 12.3 Å². The largest absolute Gasteiger partial charge is 0.467 e. The lowest BCUT2D eigenvalue weighted by molar-refractivity contribution is -0.159. The van der Waals surface area contributed by atoms with Crippen LogP contribution in [-0.4, -0.2) is 36.9 Å². The number of methoxy groups -OCH3 is 1. The molecule has 0 saturated carbocycles. The highest BCUT2D eigenvalue weighted by molar-refractivity contribution is 5.78. The molecule has 0 aliphatic heterocycles. The third-order valence-electron chi connectivity index (χ3n) is 1.32. The molecule has 12 heavy (non-hydrogen) atoms. The molecule has 0 aromatic rings. The number of aliphatic hydroxyl groups is 1. The molecule has 4 nitrogen and oxygen atoms in total. The van der Waals surface area contributed by atoms with Crippen LogP contribution in [0.15, 0.2) is 0 Å². The minimum absolute atomic E-state index is 0.0872. The Labute approximate surface area is 71.9 Å². The maximum absolute atomic E-state index is 10.9. The number of nitrogens with one attached hydrogen (secondary N) is 1. The Bertz CT molecular complexity index is 193. The molecule has 0 spiro atoms. The Balaban J connectivity index is 3.88. The van der Waals surface area contributed by atoms with Crippen LogP contribution in [0.4, 0.5) is 0 Å². The van der Waals surface area contributed by atoms with Gasteiger partial charge in [-0.25, -0.2) is 4.79 Å². The van der Waals surface area contributed by atoms with E-state index in [1.54, 1.807) is 0 Å². The Morgan fingerprint density at radius 3 is 2.83 bits per heavy atom. The lowest BCUT2D eigenvalue weighted by Crippen LogP contribution is -2.45. The second kappa shape index (κ2) is 4.75. The summed E-state index contributed by atoms with van der Waals surface area (Å²) in [6.45, 7) is 1.76. The van der Waals surface area contributed by atoms with Crippen LogP contribution in [0.25, 0.3) is 0 Å². The number of terminal acetylenes is 1. The molecule has 0 fully saturated rings. The number of ether oxygens (including phenoxy) is 1. The van der Waals surface area contributed by atoms with Gasteiger partial charge in [-0.3, -0.25) is 0 Å². The van der Waals surface area contributed by atoms with Crippen molar-refractivity contribution in [3.05, 3.63) is 0 Å². The van der Waals surface area contributed by atoms with Crippen LogP contribution < -0.4 is 5.32 Å². The first-order valence-electron chi connectivity index (χ1n) is 3.49. The van der Waals surface area contributed by atoms with Gasteiger partial charge in [-0.2, -0.15) is 0 Å². The Hall–Kier alpha value is -1.05. The predicted molar refractivity (Wildman–Crippen MR) is 44.3 cm³/mol. The van der Waals surface area contributed by atoms with Gasteiger partial charge in [0.1, 0.15) is 0 Å². The van der Waals surface area contributed by atoms with E-state index in [9.17, 15) is 9.90 Å². The van der Waals surface area contributed by atoms with E-state index >= 15 is 0 Å². The summed E-state index contributed by atoms with van der Waals surface area (Å²) in [5, 5.41) is 12.1. The van der Waals surface area contributed by atoms with Gasteiger partial charge < -0.3 is 15.2 Å². The third kappa shape index (κ3) is 3.37. The highest BCUT2D eigenvalue weighted by Crippen LogP contribution is 2.02. The van der Waals surface area contributed by atoms with Crippen LogP contribution in [-0.2, 0) is 9.53 Å². The summed E-state index contributed by atoms with van der Waals surface area (Å²) >= 11 is 0. The topological polar surface area (TPSA) is 58.6 Å². The van der Waals surface area contributed by atoms with Gasteiger partial charge in [-0.1, -0.05) is 5.92 Å². The maximum Gasteiger partial charge on any atom is 0.338 e. The Morgan fingerprint density at radius 1 is 1.83 bits per heavy atom. The first-order valence-corrected chi connectivity index (χ1v) is 3.49. The van der Waals surface area contributed by atoms with E-state index in [0.717, 1.165) is 0 Å². The second-order valence-electron chi connectivity index (χ2n) is 2.57. The van der Waals surface area contributed by atoms with Crippen molar-refractivity contribution in [3.8, 4) is 12.3 Å². The van der Waals surface area contributed by atoms with Gasteiger partial charge in [0.15, 0.2) is 5.60 Å². The van der Waals surface area contributed by atoms with E-state index in [0.29, 0.717) is 6.54 Å². The average molecular weight is 171 g/mol. The summed E-state index contributed by atoms with van der Waals surface area (Å²) in [6.07, 6.45) is 4.96.